The summed E-state index contributed by atoms with van der Waals surface area (Å²) in [5.74, 6) is -2.70. The summed E-state index contributed by atoms with van der Waals surface area (Å²) < 4.78 is 48.4. The van der Waals surface area contributed by atoms with Crippen molar-refractivity contribution in [1.29, 1.82) is 0 Å². The lowest BCUT2D eigenvalue weighted by Gasteiger charge is -2.06. The zero-order valence-electron chi connectivity index (χ0n) is 7.79. The van der Waals surface area contributed by atoms with E-state index in [4.69, 9.17) is 5.21 Å². The molecule has 15 heavy (non-hydrogen) atoms. The van der Waals surface area contributed by atoms with Crippen LogP contribution in [0.5, 0.6) is 0 Å². The molecule has 0 saturated carbocycles. The fraction of sp³-hybridized carbons (Fsp3) is 0.250. The summed E-state index contributed by atoms with van der Waals surface area (Å²) in [6.45, 7) is -0.299. The number of hydrogen-bond acceptors (Lipinski definition) is 4. The number of halogens is 2. The number of rotatable bonds is 3. The van der Waals surface area contributed by atoms with Gasteiger partial charge in [0, 0.05) is 18.4 Å². The van der Waals surface area contributed by atoms with Crippen LogP contribution in [0.15, 0.2) is 17.0 Å². The summed E-state index contributed by atoms with van der Waals surface area (Å²) in [5, 5.41) is 8.31. The highest BCUT2D eigenvalue weighted by atomic mass is 32.2. The van der Waals surface area contributed by atoms with Crippen molar-refractivity contribution in [1.82, 2.24) is 5.48 Å². The molecule has 0 atom stereocenters. The molecule has 0 bridgehead atoms. The molecule has 0 saturated heterocycles. The Morgan fingerprint density at radius 3 is 2.40 bits per heavy atom. The Morgan fingerprint density at radius 1 is 1.33 bits per heavy atom. The second-order valence-corrected chi connectivity index (χ2v) is 4.94. The van der Waals surface area contributed by atoms with Crippen LogP contribution in [0.25, 0.3) is 0 Å². The molecule has 1 aromatic rings. The van der Waals surface area contributed by atoms with Crippen molar-refractivity contribution >= 4 is 9.84 Å². The minimum Gasteiger partial charge on any atom is -0.316 e. The van der Waals surface area contributed by atoms with Crippen LogP contribution in [0.3, 0.4) is 0 Å². The van der Waals surface area contributed by atoms with Crippen molar-refractivity contribution in [2.45, 2.75) is 11.4 Å². The van der Waals surface area contributed by atoms with Crippen LogP contribution in [-0.2, 0) is 16.4 Å². The summed E-state index contributed by atoms with van der Waals surface area (Å²) in [6.07, 6.45) is 0.787. The number of hydroxylamine groups is 1. The van der Waals surface area contributed by atoms with Gasteiger partial charge in [0.25, 0.3) is 0 Å². The van der Waals surface area contributed by atoms with Gasteiger partial charge in [0.1, 0.15) is 4.90 Å². The third-order valence-electron chi connectivity index (χ3n) is 1.80. The summed E-state index contributed by atoms with van der Waals surface area (Å²) in [6, 6.07) is 2.05. The summed E-state index contributed by atoms with van der Waals surface area (Å²) in [7, 11) is -3.79. The molecule has 0 aliphatic rings. The maximum atomic E-state index is 13.2. The summed E-state index contributed by atoms with van der Waals surface area (Å²) >= 11 is 0. The van der Waals surface area contributed by atoms with Gasteiger partial charge in [0.2, 0.25) is 0 Å². The molecule has 0 spiro atoms. The van der Waals surface area contributed by atoms with Gasteiger partial charge in [-0.15, -0.1) is 0 Å². The van der Waals surface area contributed by atoms with E-state index in [-0.39, 0.29) is 12.1 Å². The highest BCUT2D eigenvalue weighted by molar-refractivity contribution is 7.90. The van der Waals surface area contributed by atoms with Gasteiger partial charge in [-0.2, -0.15) is 0 Å². The largest absolute Gasteiger partial charge is 0.316 e. The fourth-order valence-electron chi connectivity index (χ4n) is 1.08. The first kappa shape index (κ1) is 12.0. The number of nitrogens with one attached hydrogen (secondary N) is 1. The smallest absolute Gasteiger partial charge is 0.178 e. The minimum absolute atomic E-state index is 0.151. The van der Waals surface area contributed by atoms with Crippen molar-refractivity contribution in [3.63, 3.8) is 0 Å². The average Bonchev–Trinajstić information content (AvgIpc) is 2.11. The van der Waals surface area contributed by atoms with Gasteiger partial charge in [-0.25, -0.2) is 22.7 Å². The monoisotopic (exact) mass is 237 g/mol. The Hall–Kier alpha value is -1.05. The van der Waals surface area contributed by atoms with Gasteiger partial charge in [0.05, 0.1) is 0 Å². The maximum absolute atomic E-state index is 13.2. The van der Waals surface area contributed by atoms with Crippen LogP contribution in [0.1, 0.15) is 5.56 Å². The van der Waals surface area contributed by atoms with Gasteiger partial charge in [0.15, 0.2) is 21.5 Å². The van der Waals surface area contributed by atoms with Crippen molar-refractivity contribution in [2.24, 2.45) is 0 Å². The lowest BCUT2D eigenvalue weighted by molar-refractivity contribution is 0.159. The summed E-state index contributed by atoms with van der Waals surface area (Å²) in [5.41, 5.74) is 1.50. The third kappa shape index (κ3) is 2.49. The van der Waals surface area contributed by atoms with E-state index in [0.717, 1.165) is 18.4 Å². The van der Waals surface area contributed by atoms with Gasteiger partial charge in [-0.05, 0) is 6.07 Å². The van der Waals surface area contributed by atoms with Crippen LogP contribution >= 0.6 is 0 Å². The van der Waals surface area contributed by atoms with Crippen LogP contribution in [-0.4, -0.2) is 19.9 Å². The second kappa shape index (κ2) is 4.21. The zero-order chi connectivity index (χ0) is 11.6. The SMILES string of the molecule is CS(=O)(=O)c1ccc(CNO)c(F)c1F. The Balaban J connectivity index is 3.34. The topological polar surface area (TPSA) is 66.4 Å². The van der Waals surface area contributed by atoms with Gasteiger partial charge < -0.3 is 5.21 Å². The highest BCUT2D eigenvalue weighted by Gasteiger charge is 2.19. The van der Waals surface area contributed by atoms with Crippen molar-refractivity contribution in [2.75, 3.05) is 6.26 Å². The maximum Gasteiger partial charge on any atom is 0.178 e. The van der Waals surface area contributed by atoms with Crippen LogP contribution in [0, 0.1) is 11.6 Å². The Labute approximate surface area is 85.4 Å². The molecule has 4 nitrogen and oxygen atoms in total. The Bertz CT molecular complexity index is 473. The highest BCUT2D eigenvalue weighted by Crippen LogP contribution is 2.20. The normalized spacial score (nSPS) is 11.7. The Morgan fingerprint density at radius 2 is 1.93 bits per heavy atom. The number of hydrogen-bond donors (Lipinski definition) is 2. The molecule has 0 fully saturated rings. The van der Waals surface area contributed by atoms with Crippen molar-refractivity contribution in [3.8, 4) is 0 Å². The number of benzene rings is 1. The van der Waals surface area contributed by atoms with Crippen LogP contribution in [0.4, 0.5) is 8.78 Å². The molecule has 84 valence electrons. The van der Waals surface area contributed by atoms with E-state index in [9.17, 15) is 17.2 Å². The van der Waals surface area contributed by atoms with E-state index in [1.165, 1.54) is 0 Å². The molecule has 0 aliphatic heterocycles. The van der Waals surface area contributed by atoms with Gasteiger partial charge in [-0.3, -0.25) is 0 Å². The van der Waals surface area contributed by atoms with E-state index in [2.05, 4.69) is 0 Å². The number of sulfone groups is 1. The van der Waals surface area contributed by atoms with Gasteiger partial charge >= 0.3 is 0 Å². The fourth-order valence-corrected chi connectivity index (χ4v) is 1.81. The van der Waals surface area contributed by atoms with Crippen molar-refractivity contribution < 1.29 is 22.4 Å². The molecule has 1 aromatic carbocycles. The van der Waals surface area contributed by atoms with E-state index in [1.807, 2.05) is 0 Å². The zero-order valence-corrected chi connectivity index (χ0v) is 8.61. The second-order valence-electron chi connectivity index (χ2n) is 2.96. The molecule has 0 heterocycles. The standard InChI is InChI=1S/C8H9F2NO3S/c1-15(13,14)6-3-2-5(4-11-12)7(9)8(6)10/h2-3,11-12H,4H2,1H3. The van der Waals surface area contributed by atoms with Crippen LogP contribution in [0.2, 0.25) is 0 Å². The average molecular weight is 237 g/mol. The molecular weight excluding hydrogens is 228 g/mol. The van der Waals surface area contributed by atoms with E-state index < -0.39 is 26.4 Å². The van der Waals surface area contributed by atoms with E-state index >= 15 is 0 Å². The third-order valence-corrected chi connectivity index (χ3v) is 2.91. The lowest BCUT2D eigenvalue weighted by atomic mass is 10.2. The minimum atomic E-state index is -3.79. The lowest BCUT2D eigenvalue weighted by Crippen LogP contribution is -2.11. The van der Waals surface area contributed by atoms with Gasteiger partial charge in [-0.1, -0.05) is 6.07 Å². The molecule has 0 aromatic heterocycles. The molecule has 0 radical (unpaired) electrons. The summed E-state index contributed by atoms with van der Waals surface area (Å²) in [4.78, 5) is -0.693. The molecular formula is C8H9F2NO3S. The molecule has 0 unspecified atom stereocenters. The predicted octanol–water partition coefficient (Wildman–Crippen LogP) is 0.847. The Kier molecular flexibility index (Phi) is 3.38. The van der Waals surface area contributed by atoms with E-state index in [0.29, 0.717) is 0 Å². The first-order valence-electron chi connectivity index (χ1n) is 3.92. The molecule has 0 amide bonds. The van der Waals surface area contributed by atoms with E-state index in [1.54, 1.807) is 5.48 Å². The predicted molar refractivity (Wildman–Crippen MR) is 48.1 cm³/mol. The first-order valence-corrected chi connectivity index (χ1v) is 5.81. The quantitative estimate of drug-likeness (QED) is 0.765. The van der Waals surface area contributed by atoms with Crippen molar-refractivity contribution in [3.05, 3.63) is 29.3 Å². The molecule has 0 aliphatic carbocycles. The molecule has 2 N–H and O–H groups in total. The molecule has 7 heteroatoms. The van der Waals surface area contributed by atoms with Crippen LogP contribution < -0.4 is 5.48 Å². The first-order chi connectivity index (χ1) is 6.88. The molecule has 1 rings (SSSR count).